The summed E-state index contributed by atoms with van der Waals surface area (Å²) in [6, 6.07) is 20.7. The minimum Gasteiger partial charge on any atom is -0.444 e. The van der Waals surface area contributed by atoms with Crippen molar-refractivity contribution in [3.05, 3.63) is 112 Å². The lowest BCUT2D eigenvalue weighted by atomic mass is 10.1. The Labute approximate surface area is 194 Å². The number of nitrogens with one attached hydrogen (secondary N) is 2. The summed E-state index contributed by atoms with van der Waals surface area (Å²) in [7, 11) is 0. The van der Waals surface area contributed by atoms with Crippen LogP contribution in [0.4, 0.5) is 10.5 Å². The average Bonchev–Trinajstić information content (AvgIpc) is 2.88. The summed E-state index contributed by atoms with van der Waals surface area (Å²) in [5.74, 6) is -0.808. The maximum Gasteiger partial charge on any atom is 0.412 e. The SMILES string of the molecule is O=C(Nc1cnc2c(C(=O)NCC(=O)c3ccccc3)cccn2c1=O)OCc1ccccc1. The normalized spacial score (nSPS) is 10.5. The Morgan fingerprint density at radius 3 is 2.35 bits per heavy atom. The number of ether oxygens (including phenoxy) is 1. The number of aromatic nitrogens is 2. The minimum atomic E-state index is -0.809. The standard InChI is InChI=1S/C25H20N4O5/c30-21(18-10-5-2-6-11-18)15-27-23(31)19-12-7-13-29-22(19)26-14-20(24(29)32)28-25(33)34-16-17-8-3-1-4-9-17/h1-14H,15-16H2,(H,27,31)(H,28,33). The molecule has 0 unspecified atom stereocenters. The Kier molecular flexibility index (Phi) is 6.73. The molecule has 9 heteroatoms. The number of hydrogen-bond donors (Lipinski definition) is 2. The molecule has 0 radical (unpaired) electrons. The largest absolute Gasteiger partial charge is 0.444 e. The first kappa shape index (κ1) is 22.4. The second-order valence-corrected chi connectivity index (χ2v) is 7.25. The number of carbonyl (C=O) groups excluding carboxylic acids is 3. The van der Waals surface area contributed by atoms with E-state index in [1.807, 2.05) is 18.2 Å². The molecular formula is C25H20N4O5. The van der Waals surface area contributed by atoms with Crippen LogP contribution in [0.25, 0.3) is 5.65 Å². The number of Topliss-reactive ketones (excluding diaryl/α,β-unsaturated/α-hetero) is 1. The van der Waals surface area contributed by atoms with Crippen LogP contribution >= 0.6 is 0 Å². The minimum absolute atomic E-state index is 0.0427. The fourth-order valence-electron chi connectivity index (χ4n) is 3.22. The highest BCUT2D eigenvalue weighted by Crippen LogP contribution is 2.10. The number of pyridine rings is 1. The number of benzene rings is 2. The molecule has 2 aromatic heterocycles. The molecule has 0 aliphatic rings. The quantitative estimate of drug-likeness (QED) is 0.413. The van der Waals surface area contributed by atoms with Gasteiger partial charge in [-0.3, -0.25) is 24.1 Å². The van der Waals surface area contributed by atoms with Crippen molar-refractivity contribution >= 4 is 29.1 Å². The number of anilines is 1. The van der Waals surface area contributed by atoms with Gasteiger partial charge in [-0.25, -0.2) is 9.78 Å². The summed E-state index contributed by atoms with van der Waals surface area (Å²) >= 11 is 0. The predicted molar refractivity (Wildman–Crippen MR) is 125 cm³/mol. The second-order valence-electron chi connectivity index (χ2n) is 7.25. The average molecular weight is 456 g/mol. The molecule has 4 aromatic rings. The third kappa shape index (κ3) is 5.16. The Morgan fingerprint density at radius 2 is 1.62 bits per heavy atom. The molecule has 2 heterocycles. The summed E-state index contributed by atoms with van der Waals surface area (Å²) in [5.41, 5.74) is 0.778. The predicted octanol–water partition coefficient (Wildman–Crippen LogP) is 3.06. The summed E-state index contributed by atoms with van der Waals surface area (Å²) in [5, 5.41) is 4.93. The van der Waals surface area contributed by atoms with Crippen molar-refractivity contribution < 1.29 is 19.1 Å². The number of carbonyl (C=O) groups is 3. The van der Waals surface area contributed by atoms with Gasteiger partial charge in [0.05, 0.1) is 18.3 Å². The van der Waals surface area contributed by atoms with E-state index in [0.717, 1.165) is 16.2 Å². The van der Waals surface area contributed by atoms with Crippen molar-refractivity contribution in [2.75, 3.05) is 11.9 Å². The van der Waals surface area contributed by atoms with Crippen LogP contribution in [0.15, 0.2) is 90.0 Å². The molecule has 0 saturated heterocycles. The van der Waals surface area contributed by atoms with E-state index in [1.165, 1.54) is 18.3 Å². The van der Waals surface area contributed by atoms with Crippen molar-refractivity contribution in [2.45, 2.75) is 6.61 Å². The Balaban J connectivity index is 1.46. The van der Waals surface area contributed by atoms with Crippen molar-refractivity contribution in [1.82, 2.24) is 14.7 Å². The van der Waals surface area contributed by atoms with Crippen molar-refractivity contribution in [2.24, 2.45) is 0 Å². The zero-order valence-electron chi connectivity index (χ0n) is 17.9. The number of ketones is 1. The number of hydrogen-bond acceptors (Lipinski definition) is 6. The molecule has 0 aliphatic carbocycles. The summed E-state index contributed by atoms with van der Waals surface area (Å²) in [4.78, 5) is 54.0. The van der Waals surface area contributed by atoms with E-state index in [-0.39, 0.29) is 35.8 Å². The molecule has 34 heavy (non-hydrogen) atoms. The first-order valence-electron chi connectivity index (χ1n) is 10.4. The van der Waals surface area contributed by atoms with Crippen molar-refractivity contribution in [3.63, 3.8) is 0 Å². The first-order valence-corrected chi connectivity index (χ1v) is 10.4. The highest BCUT2D eigenvalue weighted by molar-refractivity contribution is 6.04. The van der Waals surface area contributed by atoms with Crippen molar-refractivity contribution in [1.29, 1.82) is 0 Å². The van der Waals surface area contributed by atoms with Gasteiger partial charge in [0, 0.05) is 11.8 Å². The maximum absolute atomic E-state index is 12.8. The van der Waals surface area contributed by atoms with Gasteiger partial charge in [0.2, 0.25) is 0 Å². The van der Waals surface area contributed by atoms with Gasteiger partial charge >= 0.3 is 6.09 Å². The van der Waals surface area contributed by atoms with Gasteiger partial charge in [-0.05, 0) is 17.7 Å². The molecule has 0 aliphatic heterocycles. The zero-order valence-corrected chi connectivity index (χ0v) is 17.9. The number of fused-ring (bicyclic) bond motifs is 1. The summed E-state index contributed by atoms with van der Waals surface area (Å²) in [6.07, 6.45) is 1.78. The summed E-state index contributed by atoms with van der Waals surface area (Å²) < 4.78 is 6.27. The van der Waals surface area contributed by atoms with Crippen LogP contribution in [0.1, 0.15) is 26.3 Å². The fraction of sp³-hybridized carbons (Fsp3) is 0.0800. The Hall–Kier alpha value is -4.79. The Bertz CT molecular complexity index is 1400. The van der Waals surface area contributed by atoms with Crippen LogP contribution in [0.2, 0.25) is 0 Å². The van der Waals surface area contributed by atoms with Crippen LogP contribution in [0.5, 0.6) is 0 Å². The number of nitrogens with zero attached hydrogens (tertiary/aromatic N) is 2. The van der Waals surface area contributed by atoms with E-state index >= 15 is 0 Å². The smallest absolute Gasteiger partial charge is 0.412 e. The monoisotopic (exact) mass is 456 g/mol. The summed E-state index contributed by atoms with van der Waals surface area (Å²) in [6.45, 7) is -0.165. The topological polar surface area (TPSA) is 119 Å². The molecule has 4 rings (SSSR count). The van der Waals surface area contributed by atoms with Gasteiger partial charge in [-0.1, -0.05) is 60.7 Å². The van der Waals surface area contributed by atoms with E-state index in [2.05, 4.69) is 15.6 Å². The van der Waals surface area contributed by atoms with Crippen LogP contribution in [0.3, 0.4) is 0 Å². The molecule has 0 atom stereocenters. The third-order valence-corrected chi connectivity index (χ3v) is 4.93. The highest BCUT2D eigenvalue weighted by Gasteiger charge is 2.16. The number of amides is 2. The molecule has 9 nitrogen and oxygen atoms in total. The maximum atomic E-state index is 12.8. The molecule has 2 N–H and O–H groups in total. The molecule has 0 spiro atoms. The Morgan fingerprint density at radius 1 is 0.912 bits per heavy atom. The third-order valence-electron chi connectivity index (χ3n) is 4.93. The lowest BCUT2D eigenvalue weighted by Crippen LogP contribution is -2.31. The van der Waals surface area contributed by atoms with Gasteiger partial charge in [-0.2, -0.15) is 0 Å². The highest BCUT2D eigenvalue weighted by atomic mass is 16.5. The van der Waals surface area contributed by atoms with Crippen molar-refractivity contribution in [3.8, 4) is 0 Å². The van der Waals surface area contributed by atoms with Crippen LogP contribution < -0.4 is 16.2 Å². The van der Waals surface area contributed by atoms with Crippen LogP contribution in [-0.2, 0) is 11.3 Å². The molecule has 2 aromatic carbocycles. The fourth-order valence-corrected chi connectivity index (χ4v) is 3.22. The van der Waals surface area contributed by atoms with Crippen LogP contribution in [0, 0.1) is 0 Å². The van der Waals surface area contributed by atoms with Gasteiger partial charge in [0.15, 0.2) is 11.4 Å². The molecular weight excluding hydrogens is 436 g/mol. The van der Waals surface area contributed by atoms with Gasteiger partial charge < -0.3 is 10.1 Å². The lowest BCUT2D eigenvalue weighted by Gasteiger charge is -2.10. The molecule has 170 valence electrons. The zero-order chi connectivity index (χ0) is 23.9. The van der Waals surface area contributed by atoms with E-state index in [0.29, 0.717) is 5.56 Å². The van der Waals surface area contributed by atoms with Gasteiger partial charge in [-0.15, -0.1) is 0 Å². The molecule has 0 fully saturated rings. The molecule has 0 saturated carbocycles. The van der Waals surface area contributed by atoms with Crippen LogP contribution in [-0.4, -0.2) is 33.7 Å². The van der Waals surface area contributed by atoms with E-state index in [4.69, 9.17) is 4.74 Å². The molecule has 2 amide bonds. The van der Waals surface area contributed by atoms with Gasteiger partial charge in [0.1, 0.15) is 12.3 Å². The molecule has 0 bridgehead atoms. The lowest BCUT2D eigenvalue weighted by molar-refractivity contribution is 0.0904. The van der Waals surface area contributed by atoms with Gasteiger partial charge in [0.25, 0.3) is 11.5 Å². The first-order chi connectivity index (χ1) is 16.5. The number of rotatable bonds is 7. The van der Waals surface area contributed by atoms with E-state index in [9.17, 15) is 19.2 Å². The van der Waals surface area contributed by atoms with E-state index in [1.54, 1.807) is 42.5 Å². The second kappa shape index (κ2) is 10.2. The van der Waals surface area contributed by atoms with E-state index < -0.39 is 17.6 Å².